The Balaban J connectivity index is 1.23. The number of halogens is 4. The van der Waals surface area contributed by atoms with E-state index in [4.69, 9.17) is 9.84 Å². The topological polar surface area (TPSA) is 103 Å². The Morgan fingerprint density at radius 1 is 1.02 bits per heavy atom. The lowest BCUT2D eigenvalue weighted by Gasteiger charge is -2.29. The van der Waals surface area contributed by atoms with Crippen molar-refractivity contribution in [1.29, 1.82) is 0 Å². The van der Waals surface area contributed by atoms with Crippen molar-refractivity contribution in [1.82, 2.24) is 29.5 Å². The molecule has 4 heterocycles. The second-order valence-electron chi connectivity index (χ2n) is 11.1. The maximum Gasteiger partial charge on any atom is 0.419 e. The van der Waals surface area contributed by atoms with Gasteiger partial charge in [0.2, 0.25) is 0 Å². The summed E-state index contributed by atoms with van der Waals surface area (Å²) in [5.41, 5.74) is 1.19. The molecule has 0 amide bonds. The summed E-state index contributed by atoms with van der Waals surface area (Å²) in [6.07, 6.45) is 6.60. The first-order valence-electron chi connectivity index (χ1n) is 14.4. The molecule has 0 radical (unpaired) electrons. The summed E-state index contributed by atoms with van der Waals surface area (Å²) < 4.78 is 63.5. The molecule has 2 aliphatic carbocycles. The molecule has 0 spiro atoms. The predicted octanol–water partition coefficient (Wildman–Crippen LogP) is 6.32. The Morgan fingerprint density at radius 3 is 2.48 bits per heavy atom. The fourth-order valence-electron chi connectivity index (χ4n) is 6.08. The number of hydrogen-bond acceptors (Lipinski definition) is 7. The lowest BCUT2D eigenvalue weighted by atomic mass is 9.93. The summed E-state index contributed by atoms with van der Waals surface area (Å²) >= 11 is 0. The van der Waals surface area contributed by atoms with Crippen molar-refractivity contribution in [2.24, 2.45) is 0 Å². The average Bonchev–Trinajstić information content (AvgIpc) is 3.60. The van der Waals surface area contributed by atoms with Crippen LogP contribution in [-0.2, 0) is 6.18 Å². The van der Waals surface area contributed by atoms with Crippen LogP contribution in [0, 0.1) is 5.82 Å². The van der Waals surface area contributed by atoms with E-state index in [2.05, 4.69) is 20.4 Å². The van der Waals surface area contributed by atoms with Crippen LogP contribution >= 0.6 is 0 Å². The molecule has 0 aliphatic heterocycles. The van der Waals surface area contributed by atoms with Crippen LogP contribution in [-0.4, -0.2) is 53.4 Å². The molecule has 0 bridgehead atoms. The van der Waals surface area contributed by atoms with E-state index in [1.165, 1.54) is 0 Å². The quantitative estimate of drug-likeness (QED) is 0.244. The third-order valence-corrected chi connectivity index (χ3v) is 8.30. The molecule has 0 saturated heterocycles. The first-order valence-corrected chi connectivity index (χ1v) is 14.4. The van der Waals surface area contributed by atoms with Gasteiger partial charge in [0.25, 0.3) is 5.88 Å². The molecule has 9 nitrogen and oxygen atoms in total. The van der Waals surface area contributed by atoms with E-state index in [-0.39, 0.29) is 18.2 Å². The average molecular weight is 588 g/mol. The Morgan fingerprint density at radius 2 is 1.76 bits per heavy atom. The molecular formula is C29H33F4N7O2. The van der Waals surface area contributed by atoms with Gasteiger partial charge in [-0.05, 0) is 64.4 Å². The van der Waals surface area contributed by atoms with E-state index in [1.54, 1.807) is 0 Å². The van der Waals surface area contributed by atoms with E-state index >= 15 is 0 Å². The van der Waals surface area contributed by atoms with Crippen LogP contribution in [0.4, 0.5) is 23.4 Å². The van der Waals surface area contributed by atoms with Crippen molar-refractivity contribution in [2.75, 3.05) is 11.9 Å². The zero-order valence-corrected chi connectivity index (χ0v) is 23.2. The predicted molar refractivity (Wildman–Crippen MR) is 148 cm³/mol. The van der Waals surface area contributed by atoms with Gasteiger partial charge in [0.1, 0.15) is 17.6 Å². The smallest absolute Gasteiger partial charge is 0.419 e. The first kappa shape index (κ1) is 28.4. The van der Waals surface area contributed by atoms with Gasteiger partial charge in [-0.15, -0.1) is 0 Å². The van der Waals surface area contributed by atoms with Gasteiger partial charge >= 0.3 is 6.18 Å². The number of alkyl halides is 3. The van der Waals surface area contributed by atoms with E-state index in [0.29, 0.717) is 38.3 Å². The summed E-state index contributed by atoms with van der Waals surface area (Å²) in [7, 11) is 0. The summed E-state index contributed by atoms with van der Waals surface area (Å²) in [5.74, 6) is -1.37. The van der Waals surface area contributed by atoms with E-state index < -0.39 is 29.5 Å². The van der Waals surface area contributed by atoms with Crippen LogP contribution in [0.1, 0.15) is 75.9 Å². The monoisotopic (exact) mass is 587 g/mol. The van der Waals surface area contributed by atoms with Gasteiger partial charge in [-0.2, -0.15) is 23.4 Å². The minimum absolute atomic E-state index is 0.00664. The highest BCUT2D eigenvalue weighted by atomic mass is 19.4. The molecular weight excluding hydrogens is 554 g/mol. The van der Waals surface area contributed by atoms with Gasteiger partial charge in [0, 0.05) is 42.2 Å². The highest BCUT2D eigenvalue weighted by Crippen LogP contribution is 2.39. The molecule has 2 fully saturated rings. The fourth-order valence-corrected chi connectivity index (χ4v) is 6.08. The number of anilines is 1. The number of aromatic nitrogens is 6. The third-order valence-electron chi connectivity index (χ3n) is 8.30. The zero-order chi connectivity index (χ0) is 29.4. The highest BCUT2D eigenvalue weighted by molar-refractivity contribution is 5.93. The number of fused-ring (bicyclic) bond motifs is 1. The van der Waals surface area contributed by atoms with Gasteiger partial charge in [0.15, 0.2) is 5.82 Å². The van der Waals surface area contributed by atoms with E-state index in [0.717, 1.165) is 59.9 Å². The van der Waals surface area contributed by atoms with Gasteiger partial charge in [0.05, 0.1) is 35.5 Å². The summed E-state index contributed by atoms with van der Waals surface area (Å²) in [6, 6.07) is 2.83. The largest absolute Gasteiger partial charge is 0.472 e. The van der Waals surface area contributed by atoms with Crippen molar-refractivity contribution in [3.8, 4) is 17.1 Å². The molecule has 0 aromatic carbocycles. The summed E-state index contributed by atoms with van der Waals surface area (Å²) in [5, 5.41) is 23.7. The highest BCUT2D eigenvalue weighted by Gasteiger charge is 2.36. The van der Waals surface area contributed by atoms with Crippen molar-refractivity contribution in [3.63, 3.8) is 0 Å². The standard InChI is InChI=1S/C29H33F4N7O2/c1-2-34-25-13-24-22(15-36-25)27(17-14-37-39(16-17)18-3-7-20(41)8-4-18)38-40(24)19-5-9-21(10-6-19)42-28-26(30)23(11-12-35-28)29(31,32)33/h11-16,18-21,41H,2-10H2,1H3,(H,34,36). The van der Waals surface area contributed by atoms with E-state index in [9.17, 15) is 22.7 Å². The maximum atomic E-state index is 14.5. The number of aliphatic hydroxyl groups is 1. The van der Waals surface area contributed by atoms with Gasteiger partial charge < -0.3 is 15.2 Å². The van der Waals surface area contributed by atoms with Crippen LogP contribution < -0.4 is 10.1 Å². The van der Waals surface area contributed by atoms with Crippen LogP contribution in [0.15, 0.2) is 36.9 Å². The molecule has 224 valence electrons. The molecule has 0 unspecified atom stereocenters. The minimum atomic E-state index is -4.82. The summed E-state index contributed by atoms with van der Waals surface area (Å²) in [4.78, 5) is 8.29. The first-order chi connectivity index (χ1) is 20.2. The number of aliphatic hydroxyl groups excluding tert-OH is 1. The van der Waals surface area contributed by atoms with Crippen LogP contribution in [0.25, 0.3) is 22.2 Å². The van der Waals surface area contributed by atoms with Crippen LogP contribution in [0.2, 0.25) is 0 Å². The Bertz CT molecular complexity index is 1540. The zero-order valence-electron chi connectivity index (χ0n) is 23.2. The van der Waals surface area contributed by atoms with Crippen molar-refractivity contribution < 1.29 is 27.4 Å². The van der Waals surface area contributed by atoms with E-state index in [1.807, 2.05) is 40.9 Å². The van der Waals surface area contributed by atoms with Crippen molar-refractivity contribution >= 4 is 16.7 Å². The fraction of sp³-hybridized carbons (Fsp3) is 0.517. The number of nitrogens with zero attached hydrogens (tertiary/aromatic N) is 6. The molecule has 2 aliphatic rings. The SMILES string of the molecule is CCNc1cc2c(cn1)c(-c1cnn(C3CCC(O)CC3)c1)nn2C1CCC(Oc2nccc(C(F)(F)F)c2F)CC1. The van der Waals surface area contributed by atoms with Crippen molar-refractivity contribution in [2.45, 2.75) is 88.8 Å². The lowest BCUT2D eigenvalue weighted by Crippen LogP contribution is -2.27. The lowest BCUT2D eigenvalue weighted by molar-refractivity contribution is -0.140. The van der Waals surface area contributed by atoms with Crippen molar-refractivity contribution in [3.05, 3.63) is 48.3 Å². The van der Waals surface area contributed by atoms with Gasteiger partial charge in [-0.3, -0.25) is 9.36 Å². The Hall–Kier alpha value is -3.74. The number of ether oxygens (including phenoxy) is 1. The molecule has 4 aromatic rings. The minimum Gasteiger partial charge on any atom is -0.472 e. The molecule has 2 saturated carbocycles. The molecule has 2 N–H and O–H groups in total. The van der Waals surface area contributed by atoms with Crippen LogP contribution in [0.5, 0.6) is 5.88 Å². The molecule has 42 heavy (non-hydrogen) atoms. The number of rotatable bonds is 7. The maximum absolute atomic E-state index is 14.5. The normalized spacial score (nSPS) is 23.3. The van der Waals surface area contributed by atoms with Gasteiger partial charge in [-0.25, -0.2) is 14.4 Å². The Kier molecular flexibility index (Phi) is 7.77. The molecule has 4 aromatic heterocycles. The molecule has 0 atom stereocenters. The number of pyridine rings is 2. The second kappa shape index (κ2) is 11.5. The van der Waals surface area contributed by atoms with Crippen LogP contribution in [0.3, 0.4) is 0 Å². The third kappa shape index (κ3) is 5.66. The molecule has 6 rings (SSSR count). The number of hydrogen-bond donors (Lipinski definition) is 2. The van der Waals surface area contributed by atoms with Gasteiger partial charge in [-0.1, -0.05) is 0 Å². The Labute approximate surface area is 239 Å². The molecule has 13 heteroatoms. The second-order valence-corrected chi connectivity index (χ2v) is 11.1. The summed E-state index contributed by atoms with van der Waals surface area (Å²) in [6.45, 7) is 2.71. The number of nitrogens with one attached hydrogen (secondary N) is 1.